The summed E-state index contributed by atoms with van der Waals surface area (Å²) >= 11 is 0. The second kappa shape index (κ2) is 2.73. The second-order valence-electron chi connectivity index (χ2n) is 5.51. The third-order valence-corrected chi connectivity index (χ3v) is 4.87. The van der Waals surface area contributed by atoms with E-state index in [2.05, 4.69) is 6.92 Å². The lowest BCUT2D eigenvalue weighted by Gasteiger charge is -2.39. The summed E-state index contributed by atoms with van der Waals surface area (Å²) in [6, 6.07) is 0. The molecule has 0 amide bonds. The molecule has 0 bridgehead atoms. The molecular weight excluding hydrogens is 176 g/mol. The minimum Gasteiger partial charge on any atom is -0.386 e. The summed E-state index contributed by atoms with van der Waals surface area (Å²) in [4.78, 5) is 0. The zero-order chi connectivity index (χ0) is 9.81. The highest BCUT2D eigenvalue weighted by Crippen LogP contribution is 2.60. The van der Waals surface area contributed by atoms with Gasteiger partial charge in [-0.2, -0.15) is 0 Å². The van der Waals surface area contributed by atoms with Crippen LogP contribution in [-0.4, -0.2) is 22.4 Å². The van der Waals surface area contributed by atoms with Gasteiger partial charge in [-0.15, -0.1) is 0 Å². The van der Waals surface area contributed by atoms with Crippen LogP contribution >= 0.6 is 0 Å². The van der Waals surface area contributed by atoms with Crippen molar-refractivity contribution in [1.82, 2.24) is 0 Å². The van der Waals surface area contributed by atoms with Gasteiger partial charge in [0, 0.05) is 0 Å². The average Bonchev–Trinajstić information content (AvgIpc) is 2.83. The Morgan fingerprint density at radius 3 is 2.36 bits per heavy atom. The summed E-state index contributed by atoms with van der Waals surface area (Å²) in [5.41, 5.74) is -0.660. The quantitative estimate of drug-likeness (QED) is 0.652. The van der Waals surface area contributed by atoms with Gasteiger partial charge in [-0.05, 0) is 38.5 Å². The van der Waals surface area contributed by atoms with Crippen LogP contribution in [0.15, 0.2) is 0 Å². The first-order valence-electron chi connectivity index (χ1n) is 6.07. The molecule has 1 N–H and O–H groups in total. The SMILES string of the molecule is C[C@@]12O[C@@H]1CC[C@@]2(O)C1CCCCC1. The van der Waals surface area contributed by atoms with Gasteiger partial charge in [0.15, 0.2) is 0 Å². The Morgan fingerprint density at radius 2 is 1.86 bits per heavy atom. The van der Waals surface area contributed by atoms with Crippen molar-refractivity contribution >= 4 is 0 Å². The zero-order valence-electron chi connectivity index (χ0n) is 8.96. The third-order valence-electron chi connectivity index (χ3n) is 4.87. The Labute approximate surface area is 85.6 Å². The van der Waals surface area contributed by atoms with Crippen molar-refractivity contribution in [3.8, 4) is 0 Å². The van der Waals surface area contributed by atoms with E-state index in [0.29, 0.717) is 12.0 Å². The number of fused-ring (bicyclic) bond motifs is 1. The molecule has 3 atom stereocenters. The molecule has 3 aliphatic rings. The Morgan fingerprint density at radius 1 is 1.14 bits per heavy atom. The molecule has 2 nitrogen and oxygen atoms in total. The summed E-state index contributed by atoms with van der Waals surface area (Å²) in [6.45, 7) is 2.11. The summed E-state index contributed by atoms with van der Waals surface area (Å²) in [5.74, 6) is 0.508. The molecule has 3 fully saturated rings. The van der Waals surface area contributed by atoms with Crippen LogP contribution in [0.4, 0.5) is 0 Å². The molecule has 2 aliphatic carbocycles. The molecule has 1 saturated heterocycles. The average molecular weight is 196 g/mol. The summed E-state index contributed by atoms with van der Waals surface area (Å²) in [6.07, 6.45) is 8.79. The van der Waals surface area contributed by atoms with Crippen LogP contribution in [0, 0.1) is 5.92 Å². The highest BCUT2D eigenvalue weighted by atomic mass is 16.6. The molecule has 1 heterocycles. The number of hydrogen-bond donors (Lipinski definition) is 1. The molecule has 2 saturated carbocycles. The fourth-order valence-electron chi connectivity index (χ4n) is 3.77. The number of rotatable bonds is 1. The van der Waals surface area contributed by atoms with Crippen molar-refractivity contribution in [1.29, 1.82) is 0 Å². The first kappa shape index (κ1) is 9.17. The van der Waals surface area contributed by atoms with Crippen LogP contribution in [0.5, 0.6) is 0 Å². The molecule has 0 radical (unpaired) electrons. The molecule has 0 aromatic carbocycles. The molecule has 0 spiro atoms. The Hall–Kier alpha value is -0.0800. The molecule has 2 heteroatoms. The molecule has 3 rings (SSSR count). The molecule has 0 aromatic heterocycles. The van der Waals surface area contributed by atoms with E-state index >= 15 is 0 Å². The predicted molar refractivity (Wildman–Crippen MR) is 54.0 cm³/mol. The summed E-state index contributed by atoms with van der Waals surface area (Å²) in [5, 5.41) is 10.8. The molecule has 14 heavy (non-hydrogen) atoms. The van der Waals surface area contributed by atoms with E-state index in [1.54, 1.807) is 0 Å². The van der Waals surface area contributed by atoms with E-state index in [4.69, 9.17) is 4.74 Å². The van der Waals surface area contributed by atoms with Gasteiger partial charge < -0.3 is 9.84 Å². The normalized spacial score (nSPS) is 53.1. The van der Waals surface area contributed by atoms with Crippen LogP contribution in [0.2, 0.25) is 0 Å². The lowest BCUT2D eigenvalue weighted by Crippen LogP contribution is -2.48. The smallest absolute Gasteiger partial charge is 0.121 e. The monoisotopic (exact) mass is 196 g/mol. The fraction of sp³-hybridized carbons (Fsp3) is 1.00. The predicted octanol–water partition coefficient (Wildman–Crippen LogP) is 2.25. The van der Waals surface area contributed by atoms with E-state index in [1.807, 2.05) is 0 Å². The van der Waals surface area contributed by atoms with Crippen molar-refractivity contribution in [3.05, 3.63) is 0 Å². The minimum absolute atomic E-state index is 0.172. The van der Waals surface area contributed by atoms with Crippen molar-refractivity contribution < 1.29 is 9.84 Å². The van der Waals surface area contributed by atoms with E-state index in [9.17, 15) is 5.11 Å². The molecule has 0 unspecified atom stereocenters. The Bertz CT molecular complexity index is 245. The van der Waals surface area contributed by atoms with Gasteiger partial charge in [0.25, 0.3) is 0 Å². The van der Waals surface area contributed by atoms with Gasteiger partial charge in [0.2, 0.25) is 0 Å². The lowest BCUT2D eigenvalue weighted by molar-refractivity contribution is -0.0913. The van der Waals surface area contributed by atoms with Crippen LogP contribution < -0.4 is 0 Å². The van der Waals surface area contributed by atoms with Crippen LogP contribution in [-0.2, 0) is 4.74 Å². The van der Waals surface area contributed by atoms with E-state index < -0.39 is 5.60 Å². The van der Waals surface area contributed by atoms with Crippen molar-refractivity contribution in [2.24, 2.45) is 5.92 Å². The highest BCUT2D eigenvalue weighted by molar-refractivity contribution is 5.20. The number of ether oxygens (including phenoxy) is 1. The van der Waals surface area contributed by atoms with Crippen LogP contribution in [0.1, 0.15) is 51.9 Å². The fourth-order valence-corrected chi connectivity index (χ4v) is 3.77. The minimum atomic E-state index is -0.488. The Balaban J connectivity index is 1.81. The Kier molecular flexibility index (Phi) is 1.79. The first-order chi connectivity index (χ1) is 6.67. The maximum Gasteiger partial charge on any atom is 0.121 e. The lowest BCUT2D eigenvalue weighted by atomic mass is 9.71. The van der Waals surface area contributed by atoms with Gasteiger partial charge in [0.05, 0.1) is 11.7 Å². The highest BCUT2D eigenvalue weighted by Gasteiger charge is 2.71. The van der Waals surface area contributed by atoms with Crippen molar-refractivity contribution in [2.75, 3.05) is 0 Å². The topological polar surface area (TPSA) is 32.8 Å². The van der Waals surface area contributed by atoms with Gasteiger partial charge in [0.1, 0.15) is 5.60 Å². The summed E-state index contributed by atoms with van der Waals surface area (Å²) in [7, 11) is 0. The first-order valence-corrected chi connectivity index (χ1v) is 6.07. The van der Waals surface area contributed by atoms with Crippen LogP contribution in [0.25, 0.3) is 0 Å². The van der Waals surface area contributed by atoms with Gasteiger partial charge in [-0.1, -0.05) is 19.3 Å². The van der Waals surface area contributed by atoms with Crippen LogP contribution in [0.3, 0.4) is 0 Å². The molecule has 0 aromatic rings. The van der Waals surface area contributed by atoms with Gasteiger partial charge >= 0.3 is 0 Å². The maximum atomic E-state index is 10.8. The maximum absolute atomic E-state index is 10.8. The van der Waals surface area contributed by atoms with Gasteiger partial charge in [-0.25, -0.2) is 0 Å². The second-order valence-corrected chi connectivity index (χ2v) is 5.51. The zero-order valence-corrected chi connectivity index (χ0v) is 8.96. The standard InChI is InChI=1S/C12H20O2/c1-11-10(14-11)7-8-12(11,13)9-5-3-2-4-6-9/h9-10,13H,2-8H2,1H3/t10-,11-,12-/m1/s1. The summed E-state index contributed by atoms with van der Waals surface area (Å²) < 4.78 is 5.66. The number of hydrogen-bond acceptors (Lipinski definition) is 2. The van der Waals surface area contributed by atoms with E-state index in [-0.39, 0.29) is 5.60 Å². The van der Waals surface area contributed by atoms with Gasteiger partial charge in [-0.3, -0.25) is 0 Å². The molecule has 80 valence electrons. The number of epoxide rings is 1. The van der Waals surface area contributed by atoms with E-state index in [0.717, 1.165) is 12.8 Å². The van der Waals surface area contributed by atoms with Crippen molar-refractivity contribution in [2.45, 2.75) is 69.2 Å². The largest absolute Gasteiger partial charge is 0.386 e. The van der Waals surface area contributed by atoms with E-state index in [1.165, 1.54) is 32.1 Å². The molecule has 1 aliphatic heterocycles. The molecular formula is C12H20O2. The number of aliphatic hydroxyl groups is 1. The third kappa shape index (κ3) is 0.989. The van der Waals surface area contributed by atoms with Crippen molar-refractivity contribution in [3.63, 3.8) is 0 Å².